The van der Waals surface area contributed by atoms with Crippen molar-refractivity contribution in [3.8, 4) is 5.75 Å². The molecule has 0 radical (unpaired) electrons. The number of phenolic OH excluding ortho intramolecular Hbond substituents is 1. The Bertz CT molecular complexity index is 1290. The molecule has 266 valence electrons. The number of benzene rings is 1. The molecule has 6 nitrogen and oxygen atoms in total. The van der Waals surface area contributed by atoms with Gasteiger partial charge >= 0.3 is 59.7 Å². The van der Waals surface area contributed by atoms with Gasteiger partial charge in [-0.1, -0.05) is 6.07 Å². The van der Waals surface area contributed by atoms with E-state index < -0.39 is 101 Å². The Balaban J connectivity index is 3.72. The molecule has 0 aliphatic rings. The van der Waals surface area contributed by atoms with E-state index in [-0.39, 0.29) is 6.07 Å². The zero-order valence-electron chi connectivity index (χ0n) is 23.0. The smallest absolute Gasteiger partial charge is 0.460 e. The van der Waals surface area contributed by atoms with Crippen LogP contribution in [0.1, 0.15) is 31.9 Å². The van der Waals surface area contributed by atoms with Crippen LogP contribution in [0.3, 0.4) is 0 Å². The number of alkyl carbamates (subject to hydrolysis) is 1. The molecule has 0 aliphatic carbocycles. The van der Waals surface area contributed by atoms with E-state index in [2.05, 4.69) is 4.74 Å². The Labute approximate surface area is 245 Å². The molecule has 0 spiro atoms. The number of nitrogens with one attached hydrogen (secondary N) is 1. The molecule has 1 aromatic rings. The van der Waals surface area contributed by atoms with Crippen molar-refractivity contribution in [2.24, 2.45) is 0 Å². The lowest BCUT2D eigenvalue weighted by Gasteiger charge is -2.42. The Morgan fingerprint density at radius 2 is 1.13 bits per heavy atom. The lowest BCUT2D eigenvalue weighted by atomic mass is 9.86. The second-order valence-electron chi connectivity index (χ2n) is 10.3. The van der Waals surface area contributed by atoms with Gasteiger partial charge in [-0.15, -0.1) is 0 Å². The highest BCUT2D eigenvalue weighted by atomic mass is 19.4. The molecule has 0 aromatic heterocycles. The summed E-state index contributed by atoms with van der Waals surface area (Å²) in [5, 5.41) is 11.5. The number of hydrogen-bond acceptors (Lipinski definition) is 5. The van der Waals surface area contributed by atoms with Gasteiger partial charge in [0.05, 0.1) is 12.7 Å². The summed E-state index contributed by atoms with van der Waals surface area (Å²) in [6.07, 6.45) is -10.4. The number of amides is 1. The molecule has 1 amide bonds. The van der Waals surface area contributed by atoms with Gasteiger partial charge in [-0.05, 0) is 38.5 Å². The number of methoxy groups -OCH3 is 1. The number of aromatic hydroxyl groups is 1. The summed E-state index contributed by atoms with van der Waals surface area (Å²) in [6, 6.07) is -2.00. The number of hydrogen-bond donors (Lipinski definition) is 2. The largest absolute Gasteiger partial charge is 0.507 e. The van der Waals surface area contributed by atoms with Gasteiger partial charge in [0.25, 0.3) is 0 Å². The van der Waals surface area contributed by atoms with Crippen molar-refractivity contribution in [3.63, 3.8) is 0 Å². The number of alkyl halides is 17. The van der Waals surface area contributed by atoms with Gasteiger partial charge < -0.3 is 19.9 Å². The van der Waals surface area contributed by atoms with Gasteiger partial charge in [0.15, 0.2) is 0 Å². The highest BCUT2D eigenvalue weighted by molar-refractivity contribution is 5.81. The van der Waals surface area contributed by atoms with Crippen LogP contribution in [-0.4, -0.2) is 77.6 Å². The highest BCUT2D eigenvalue weighted by Crippen LogP contribution is 2.65. The minimum Gasteiger partial charge on any atom is -0.507 e. The van der Waals surface area contributed by atoms with Crippen LogP contribution in [0.15, 0.2) is 18.2 Å². The average molecular weight is 713 g/mol. The summed E-state index contributed by atoms with van der Waals surface area (Å²) < 4.78 is 241. The predicted molar refractivity (Wildman–Crippen MR) is 117 cm³/mol. The summed E-state index contributed by atoms with van der Waals surface area (Å²) in [5.74, 6) is -61.9. The van der Waals surface area contributed by atoms with Crippen LogP contribution in [0.4, 0.5) is 79.4 Å². The first kappa shape index (κ1) is 40.6. The molecule has 0 fully saturated rings. The van der Waals surface area contributed by atoms with Crippen molar-refractivity contribution in [3.05, 3.63) is 29.3 Å². The van der Waals surface area contributed by atoms with Gasteiger partial charge in [0.2, 0.25) is 0 Å². The van der Waals surface area contributed by atoms with Crippen LogP contribution in [0.5, 0.6) is 5.75 Å². The average Bonchev–Trinajstić information content (AvgIpc) is 2.86. The number of carbonyl (C=O) groups is 2. The Kier molecular flexibility index (Phi) is 10.6. The first-order chi connectivity index (χ1) is 20.1. The Hall–Kier alpha value is -3.43. The summed E-state index contributed by atoms with van der Waals surface area (Å²) >= 11 is 0. The van der Waals surface area contributed by atoms with Crippen molar-refractivity contribution in [2.45, 2.75) is 86.5 Å². The second-order valence-corrected chi connectivity index (χ2v) is 10.3. The first-order valence-electron chi connectivity index (χ1n) is 11.7. The van der Waals surface area contributed by atoms with Crippen LogP contribution in [0, 0.1) is 0 Å². The number of esters is 1. The molecule has 1 rings (SSSR count). The summed E-state index contributed by atoms with van der Waals surface area (Å²) in [5.41, 5.74) is -5.02. The van der Waals surface area contributed by atoms with Gasteiger partial charge in [0, 0.05) is 6.42 Å². The van der Waals surface area contributed by atoms with Crippen LogP contribution in [0.2, 0.25) is 0 Å². The molecule has 0 saturated heterocycles. The summed E-state index contributed by atoms with van der Waals surface area (Å²) in [7, 11) is 0.704. The molecule has 0 aliphatic heterocycles. The lowest BCUT2D eigenvalue weighted by molar-refractivity contribution is -0.462. The fourth-order valence-electron chi connectivity index (χ4n) is 3.32. The molecule has 2 N–H and O–H groups in total. The zero-order chi connectivity index (χ0) is 36.9. The quantitative estimate of drug-likeness (QED) is 0.184. The third-order valence-electron chi connectivity index (χ3n) is 5.74. The molecule has 1 aromatic carbocycles. The molecule has 0 heterocycles. The number of rotatable bonds is 11. The monoisotopic (exact) mass is 713 g/mol. The summed E-state index contributed by atoms with van der Waals surface area (Å²) in [6.45, 7) is 3.98. The van der Waals surface area contributed by atoms with Crippen LogP contribution < -0.4 is 5.32 Å². The van der Waals surface area contributed by atoms with Gasteiger partial charge in [0.1, 0.15) is 17.4 Å². The summed E-state index contributed by atoms with van der Waals surface area (Å²) in [4.78, 5) is 24.0. The SMILES string of the molecule is COC(=O)C(Cc1ccc(O)c(C(F)(F)C(F)(F)C(F)(F)C(F)(F)C(F)(F)C(F)(F)C(F)(F)C(F)(F)F)c1)NC(=O)OC(C)(C)C. The van der Waals surface area contributed by atoms with Gasteiger partial charge in [-0.25, -0.2) is 9.59 Å². The number of phenols is 1. The van der Waals surface area contributed by atoms with Crippen molar-refractivity contribution in [2.75, 3.05) is 7.11 Å². The molecule has 1 atom stereocenters. The van der Waals surface area contributed by atoms with E-state index in [1.54, 1.807) is 0 Å². The van der Waals surface area contributed by atoms with Crippen molar-refractivity contribution in [1.29, 1.82) is 0 Å². The van der Waals surface area contributed by atoms with Crippen LogP contribution in [-0.2, 0) is 26.6 Å². The molecule has 0 saturated carbocycles. The Morgan fingerprint density at radius 1 is 0.717 bits per heavy atom. The molecule has 1 unspecified atom stereocenters. The molecule has 0 bridgehead atoms. The van der Waals surface area contributed by atoms with E-state index in [0.717, 1.165) is 0 Å². The van der Waals surface area contributed by atoms with Crippen molar-refractivity contribution < 1.29 is 98.8 Å². The molecular weight excluding hydrogens is 693 g/mol. The fraction of sp³-hybridized carbons (Fsp3) is 0.652. The van der Waals surface area contributed by atoms with E-state index in [1.165, 1.54) is 20.8 Å². The number of halogens is 17. The zero-order valence-corrected chi connectivity index (χ0v) is 23.0. The van der Waals surface area contributed by atoms with Crippen molar-refractivity contribution in [1.82, 2.24) is 5.32 Å². The fourth-order valence-corrected chi connectivity index (χ4v) is 3.32. The Morgan fingerprint density at radius 3 is 1.52 bits per heavy atom. The third-order valence-corrected chi connectivity index (χ3v) is 5.74. The standard InChI is InChI=1S/C23H20F17NO5/c1-15(2,3)46-14(44)41-11(13(43)45-4)8-9-5-6-12(42)10(7-9)16(24,25)17(26,27)18(28,29)19(30,31)20(32,33)21(34,35)22(36,37)23(38,39)40/h5-7,11,42H,8H2,1-4H3,(H,41,44). The third kappa shape index (κ3) is 6.67. The second kappa shape index (κ2) is 12.0. The van der Waals surface area contributed by atoms with Gasteiger partial charge in [-0.2, -0.15) is 74.6 Å². The van der Waals surface area contributed by atoms with E-state index >= 15 is 0 Å². The minimum absolute atomic E-state index is 0.0423. The maximum atomic E-state index is 14.8. The molecule has 23 heteroatoms. The minimum atomic E-state index is -8.81. The molecular formula is C23H20F17NO5. The maximum absolute atomic E-state index is 14.8. The normalized spacial score (nSPS) is 15.3. The van der Waals surface area contributed by atoms with E-state index in [9.17, 15) is 89.3 Å². The molecule has 46 heavy (non-hydrogen) atoms. The van der Waals surface area contributed by atoms with Crippen molar-refractivity contribution >= 4 is 12.1 Å². The number of carbonyl (C=O) groups excluding carboxylic acids is 2. The highest BCUT2D eigenvalue weighted by Gasteiger charge is 2.95. The topological polar surface area (TPSA) is 84.9 Å². The van der Waals surface area contributed by atoms with Gasteiger partial charge in [-0.3, -0.25) is 0 Å². The number of ether oxygens (including phenoxy) is 2. The van der Waals surface area contributed by atoms with Crippen LogP contribution >= 0.6 is 0 Å². The van der Waals surface area contributed by atoms with Crippen LogP contribution in [0.25, 0.3) is 0 Å². The van der Waals surface area contributed by atoms with E-state index in [0.29, 0.717) is 13.2 Å². The maximum Gasteiger partial charge on any atom is 0.460 e. The predicted octanol–water partition coefficient (Wildman–Crippen LogP) is 7.47. The van der Waals surface area contributed by atoms with E-state index in [4.69, 9.17) is 4.74 Å². The lowest BCUT2D eigenvalue weighted by Crippen LogP contribution is -2.74. The van der Waals surface area contributed by atoms with E-state index in [1.807, 2.05) is 5.32 Å². The first-order valence-corrected chi connectivity index (χ1v) is 11.7.